The van der Waals surface area contributed by atoms with Gasteiger partial charge in [-0.3, -0.25) is 9.59 Å². The zero-order chi connectivity index (χ0) is 13.0. The molecule has 5 nitrogen and oxygen atoms in total. The first-order chi connectivity index (χ1) is 8.65. The smallest absolute Gasteiger partial charge is 0.287 e. The second-order valence-electron chi connectivity index (χ2n) is 4.54. The molecular weight excluding hydrogens is 234 g/mol. The largest absolute Gasteiger partial charge is 0.456 e. The van der Waals surface area contributed by atoms with Crippen molar-refractivity contribution in [1.82, 2.24) is 5.32 Å². The summed E-state index contributed by atoms with van der Waals surface area (Å²) in [6, 6.07) is 2.56. The second-order valence-corrected chi connectivity index (χ2v) is 4.54. The highest BCUT2D eigenvalue weighted by Crippen LogP contribution is 2.15. The maximum Gasteiger partial charge on any atom is 0.287 e. The maximum absolute atomic E-state index is 11.7. The van der Waals surface area contributed by atoms with Crippen LogP contribution in [0, 0.1) is 12.8 Å². The lowest BCUT2D eigenvalue weighted by Crippen LogP contribution is -2.27. The third-order valence-corrected chi connectivity index (χ3v) is 2.98. The highest BCUT2D eigenvalue weighted by Gasteiger charge is 2.16. The molecule has 1 fully saturated rings. The van der Waals surface area contributed by atoms with Gasteiger partial charge in [-0.15, -0.1) is 0 Å². The first-order valence-electron chi connectivity index (χ1n) is 6.13. The molecule has 18 heavy (non-hydrogen) atoms. The van der Waals surface area contributed by atoms with E-state index in [4.69, 9.17) is 9.15 Å². The van der Waals surface area contributed by atoms with Gasteiger partial charge in [0.2, 0.25) is 0 Å². The topological polar surface area (TPSA) is 68.5 Å². The van der Waals surface area contributed by atoms with Gasteiger partial charge in [-0.25, -0.2) is 0 Å². The highest BCUT2D eigenvalue weighted by atomic mass is 16.5. The SMILES string of the molecule is Cc1cc(=O)cc(C(=O)NCC[C@@H]2CCOC2)o1. The number of carbonyl (C=O) groups excluding carboxylic acids is 1. The molecule has 0 radical (unpaired) electrons. The van der Waals surface area contributed by atoms with Crippen molar-refractivity contribution in [3.63, 3.8) is 0 Å². The van der Waals surface area contributed by atoms with Crippen molar-refractivity contribution >= 4 is 5.91 Å². The molecule has 2 heterocycles. The lowest BCUT2D eigenvalue weighted by Gasteiger charge is -2.08. The maximum atomic E-state index is 11.7. The molecule has 2 rings (SSSR count). The average Bonchev–Trinajstić information content (AvgIpc) is 2.80. The standard InChI is InChI=1S/C13H17NO4/c1-9-6-11(15)7-12(18-9)13(16)14-4-2-10-3-5-17-8-10/h6-7,10H,2-5,8H2,1H3,(H,14,16)/t10-/m1/s1. The van der Waals surface area contributed by atoms with E-state index in [1.165, 1.54) is 12.1 Å². The molecule has 5 heteroatoms. The van der Waals surface area contributed by atoms with Crippen LogP contribution in [0.1, 0.15) is 29.2 Å². The number of hydrogen-bond donors (Lipinski definition) is 1. The molecule has 0 aliphatic carbocycles. The van der Waals surface area contributed by atoms with E-state index in [0.717, 1.165) is 26.1 Å². The molecule has 1 atom stereocenters. The van der Waals surface area contributed by atoms with Crippen LogP contribution in [-0.2, 0) is 4.74 Å². The van der Waals surface area contributed by atoms with Crippen LogP contribution in [0.5, 0.6) is 0 Å². The molecule has 1 aromatic rings. The van der Waals surface area contributed by atoms with Crippen LogP contribution >= 0.6 is 0 Å². The Morgan fingerprint density at radius 2 is 2.33 bits per heavy atom. The molecular formula is C13H17NO4. The zero-order valence-electron chi connectivity index (χ0n) is 10.4. The fourth-order valence-electron chi connectivity index (χ4n) is 2.00. The van der Waals surface area contributed by atoms with Crippen molar-refractivity contribution in [2.24, 2.45) is 5.92 Å². The Morgan fingerprint density at radius 1 is 1.50 bits per heavy atom. The van der Waals surface area contributed by atoms with Crippen LogP contribution in [0.25, 0.3) is 0 Å². The van der Waals surface area contributed by atoms with Crippen molar-refractivity contribution in [1.29, 1.82) is 0 Å². The van der Waals surface area contributed by atoms with E-state index < -0.39 is 0 Å². The molecule has 1 N–H and O–H groups in total. The summed E-state index contributed by atoms with van der Waals surface area (Å²) in [5.74, 6) is 0.698. The van der Waals surface area contributed by atoms with Crippen LogP contribution in [0.2, 0.25) is 0 Å². The average molecular weight is 251 g/mol. The van der Waals surface area contributed by atoms with Gasteiger partial charge < -0.3 is 14.5 Å². The van der Waals surface area contributed by atoms with Crippen LogP contribution in [0.15, 0.2) is 21.3 Å². The summed E-state index contributed by atoms with van der Waals surface area (Å²) >= 11 is 0. The van der Waals surface area contributed by atoms with Crippen LogP contribution in [-0.4, -0.2) is 25.7 Å². The molecule has 1 amide bonds. The lowest BCUT2D eigenvalue weighted by atomic mass is 10.1. The number of aryl methyl sites for hydroxylation is 1. The van der Waals surface area contributed by atoms with Gasteiger partial charge in [0.05, 0.1) is 0 Å². The van der Waals surface area contributed by atoms with E-state index in [1.807, 2.05) is 0 Å². The van der Waals surface area contributed by atoms with E-state index in [9.17, 15) is 9.59 Å². The Bertz CT molecular complexity index is 474. The Labute approximate surface area is 105 Å². The highest BCUT2D eigenvalue weighted by molar-refractivity contribution is 5.91. The van der Waals surface area contributed by atoms with Crippen LogP contribution in [0.4, 0.5) is 0 Å². The molecule has 0 unspecified atom stereocenters. The molecule has 0 aromatic carbocycles. The minimum atomic E-state index is -0.338. The van der Waals surface area contributed by atoms with Crippen molar-refractivity contribution < 1.29 is 13.9 Å². The van der Waals surface area contributed by atoms with Gasteiger partial charge >= 0.3 is 0 Å². The summed E-state index contributed by atoms with van der Waals surface area (Å²) in [5.41, 5.74) is -0.215. The number of ether oxygens (including phenoxy) is 1. The summed E-state index contributed by atoms with van der Waals surface area (Å²) in [7, 11) is 0. The Balaban J connectivity index is 1.85. The molecule has 1 aliphatic heterocycles. The van der Waals surface area contributed by atoms with Gasteiger partial charge in [-0.2, -0.15) is 0 Å². The third kappa shape index (κ3) is 3.43. The molecule has 1 aliphatic rings. The molecule has 0 spiro atoms. The number of hydrogen-bond acceptors (Lipinski definition) is 4. The predicted molar refractivity (Wildman–Crippen MR) is 65.6 cm³/mol. The van der Waals surface area contributed by atoms with Crippen molar-refractivity contribution in [2.75, 3.05) is 19.8 Å². The fourth-order valence-corrected chi connectivity index (χ4v) is 2.00. The van der Waals surface area contributed by atoms with Crippen LogP contribution in [0.3, 0.4) is 0 Å². The first-order valence-corrected chi connectivity index (χ1v) is 6.13. The number of rotatable bonds is 4. The minimum Gasteiger partial charge on any atom is -0.456 e. The van der Waals surface area contributed by atoms with Gasteiger partial charge in [0, 0.05) is 31.9 Å². The normalized spacial score (nSPS) is 18.8. The van der Waals surface area contributed by atoms with Crippen molar-refractivity contribution in [3.05, 3.63) is 33.9 Å². The second kappa shape index (κ2) is 5.82. The Hall–Kier alpha value is -1.62. The van der Waals surface area contributed by atoms with Gasteiger partial charge in [0.15, 0.2) is 11.2 Å². The van der Waals surface area contributed by atoms with E-state index in [2.05, 4.69) is 5.32 Å². The molecule has 0 saturated carbocycles. The molecule has 1 aromatic heterocycles. The summed E-state index contributed by atoms with van der Waals surface area (Å²) in [5, 5.41) is 2.75. The fraction of sp³-hybridized carbons (Fsp3) is 0.538. The van der Waals surface area contributed by atoms with E-state index in [0.29, 0.717) is 18.2 Å². The third-order valence-electron chi connectivity index (χ3n) is 2.98. The lowest BCUT2D eigenvalue weighted by molar-refractivity contribution is 0.0918. The van der Waals surface area contributed by atoms with Crippen LogP contribution < -0.4 is 10.7 Å². The van der Waals surface area contributed by atoms with E-state index in [-0.39, 0.29) is 17.1 Å². The van der Waals surface area contributed by atoms with Gasteiger partial charge in [0.1, 0.15) is 5.76 Å². The number of amides is 1. The summed E-state index contributed by atoms with van der Waals surface area (Å²) in [6.07, 6.45) is 1.94. The van der Waals surface area contributed by atoms with E-state index >= 15 is 0 Å². The number of carbonyl (C=O) groups is 1. The summed E-state index contributed by atoms with van der Waals surface area (Å²) in [6.45, 7) is 3.80. The minimum absolute atomic E-state index is 0.0719. The quantitative estimate of drug-likeness (QED) is 0.870. The van der Waals surface area contributed by atoms with Gasteiger partial charge in [-0.1, -0.05) is 0 Å². The van der Waals surface area contributed by atoms with E-state index in [1.54, 1.807) is 6.92 Å². The van der Waals surface area contributed by atoms with Gasteiger partial charge in [-0.05, 0) is 25.7 Å². The summed E-state index contributed by atoms with van der Waals surface area (Å²) < 4.78 is 10.5. The zero-order valence-corrected chi connectivity index (χ0v) is 10.4. The van der Waals surface area contributed by atoms with Crippen molar-refractivity contribution in [2.45, 2.75) is 19.8 Å². The monoisotopic (exact) mass is 251 g/mol. The number of nitrogens with one attached hydrogen (secondary N) is 1. The molecule has 1 saturated heterocycles. The predicted octanol–water partition coefficient (Wildman–Crippen LogP) is 1.10. The van der Waals surface area contributed by atoms with Crippen molar-refractivity contribution in [3.8, 4) is 0 Å². The molecule has 0 bridgehead atoms. The van der Waals surface area contributed by atoms with Gasteiger partial charge in [0.25, 0.3) is 5.91 Å². The summed E-state index contributed by atoms with van der Waals surface area (Å²) in [4.78, 5) is 23.0. The molecule has 98 valence electrons. The Kier molecular flexibility index (Phi) is 4.15. The first kappa shape index (κ1) is 12.8. The Morgan fingerprint density at radius 3 is 3.00 bits per heavy atom.